The molecule has 0 amide bonds. The fraction of sp³-hybridized carbons (Fsp3) is 0.333. The molecule has 0 unspecified atom stereocenters. The van der Waals surface area contributed by atoms with Gasteiger partial charge in [-0.05, 0) is 40.9 Å². The van der Waals surface area contributed by atoms with Crippen LogP contribution in [0.3, 0.4) is 0 Å². The van der Waals surface area contributed by atoms with E-state index in [9.17, 15) is 18.5 Å². The minimum absolute atomic E-state index is 0.0497. The highest BCUT2D eigenvalue weighted by molar-refractivity contribution is 7.89. The van der Waals surface area contributed by atoms with E-state index >= 15 is 0 Å². The van der Waals surface area contributed by atoms with Crippen molar-refractivity contribution in [1.29, 1.82) is 0 Å². The zero-order valence-electron chi connectivity index (χ0n) is 13.2. The van der Waals surface area contributed by atoms with E-state index in [0.29, 0.717) is 13.1 Å². The van der Waals surface area contributed by atoms with Crippen molar-refractivity contribution in [2.75, 3.05) is 13.1 Å². The third-order valence-corrected chi connectivity index (χ3v) is 5.68. The molecule has 3 heterocycles. The Morgan fingerprint density at radius 1 is 1.12 bits per heavy atom. The van der Waals surface area contributed by atoms with Gasteiger partial charge in [0, 0.05) is 19.2 Å². The molecule has 1 fully saturated rings. The molecular weight excluding hydrogens is 348 g/mol. The molecule has 10 heteroatoms. The van der Waals surface area contributed by atoms with Gasteiger partial charge in [0.2, 0.25) is 21.7 Å². The third-order valence-electron chi connectivity index (χ3n) is 3.80. The maximum Gasteiger partial charge on any atom is 0.406 e. The Kier molecular flexibility index (Phi) is 4.91. The first-order valence-electron chi connectivity index (χ1n) is 7.72. The van der Waals surface area contributed by atoms with Crippen LogP contribution >= 0.6 is 0 Å². The Morgan fingerprint density at radius 2 is 1.88 bits per heavy atom. The van der Waals surface area contributed by atoms with Crippen LogP contribution in [0, 0.1) is 10.1 Å². The highest BCUT2D eigenvalue weighted by Crippen LogP contribution is 2.28. The van der Waals surface area contributed by atoms with Crippen LogP contribution in [0.5, 0.6) is 11.6 Å². The lowest BCUT2D eigenvalue weighted by Crippen LogP contribution is -2.35. The summed E-state index contributed by atoms with van der Waals surface area (Å²) in [6.07, 6.45) is 5.20. The molecule has 0 N–H and O–H groups in total. The van der Waals surface area contributed by atoms with Gasteiger partial charge in [-0.2, -0.15) is 4.31 Å². The third kappa shape index (κ3) is 3.74. The summed E-state index contributed by atoms with van der Waals surface area (Å²) in [5, 5.41) is 10.9. The van der Waals surface area contributed by atoms with E-state index in [0.717, 1.165) is 19.3 Å². The normalized spacial score (nSPS) is 15.7. The van der Waals surface area contributed by atoms with Crippen LogP contribution in [0.15, 0.2) is 41.6 Å². The van der Waals surface area contributed by atoms with Gasteiger partial charge in [0.15, 0.2) is 0 Å². The van der Waals surface area contributed by atoms with Crippen molar-refractivity contribution in [2.45, 2.75) is 24.2 Å². The van der Waals surface area contributed by atoms with Crippen molar-refractivity contribution in [3.63, 3.8) is 0 Å². The van der Waals surface area contributed by atoms with Gasteiger partial charge in [0.1, 0.15) is 11.1 Å². The molecule has 3 rings (SSSR count). The van der Waals surface area contributed by atoms with Crippen LogP contribution < -0.4 is 4.74 Å². The Hall–Kier alpha value is -2.59. The van der Waals surface area contributed by atoms with E-state index in [4.69, 9.17) is 4.74 Å². The number of piperidine rings is 1. The molecule has 0 saturated carbocycles. The van der Waals surface area contributed by atoms with Gasteiger partial charge < -0.3 is 14.9 Å². The predicted molar refractivity (Wildman–Crippen MR) is 87.8 cm³/mol. The number of aromatic nitrogens is 2. The lowest BCUT2D eigenvalue weighted by atomic mass is 10.2. The molecule has 0 aliphatic carbocycles. The predicted octanol–water partition coefficient (Wildman–Crippen LogP) is 2.35. The van der Waals surface area contributed by atoms with Gasteiger partial charge in [0.25, 0.3) is 0 Å². The SMILES string of the molecule is O=[N+]([O-])c1ncccc1Oc1ccc(S(=O)(=O)N2CCCCC2)cn1. The lowest BCUT2D eigenvalue weighted by molar-refractivity contribution is -0.390. The summed E-state index contributed by atoms with van der Waals surface area (Å²) in [4.78, 5) is 17.9. The lowest BCUT2D eigenvalue weighted by Gasteiger charge is -2.25. The zero-order chi connectivity index (χ0) is 17.9. The Balaban J connectivity index is 1.80. The minimum atomic E-state index is -3.58. The van der Waals surface area contributed by atoms with Gasteiger partial charge in [-0.15, -0.1) is 0 Å². The number of hydrogen-bond donors (Lipinski definition) is 0. The number of nitro groups is 1. The number of hydrogen-bond acceptors (Lipinski definition) is 7. The fourth-order valence-electron chi connectivity index (χ4n) is 2.55. The zero-order valence-corrected chi connectivity index (χ0v) is 14.1. The van der Waals surface area contributed by atoms with E-state index in [-0.39, 0.29) is 16.5 Å². The van der Waals surface area contributed by atoms with Crippen LogP contribution in [-0.4, -0.2) is 40.7 Å². The largest absolute Gasteiger partial charge is 0.430 e. The van der Waals surface area contributed by atoms with Crippen molar-refractivity contribution in [3.05, 3.63) is 46.8 Å². The Morgan fingerprint density at radius 3 is 2.52 bits per heavy atom. The van der Waals surface area contributed by atoms with Crippen LogP contribution in [0.2, 0.25) is 0 Å². The molecule has 1 saturated heterocycles. The topological polar surface area (TPSA) is 116 Å². The molecule has 25 heavy (non-hydrogen) atoms. The van der Waals surface area contributed by atoms with Crippen LogP contribution in [0.4, 0.5) is 5.82 Å². The molecule has 9 nitrogen and oxygen atoms in total. The van der Waals surface area contributed by atoms with E-state index < -0.39 is 20.8 Å². The van der Waals surface area contributed by atoms with E-state index in [1.165, 1.54) is 41.0 Å². The molecule has 0 aromatic carbocycles. The standard InChI is InChI=1S/C15H16N4O5S/c20-19(21)15-13(5-4-8-16-15)24-14-7-6-12(11-17-14)25(22,23)18-9-2-1-3-10-18/h4-8,11H,1-3,9-10H2. The van der Waals surface area contributed by atoms with Gasteiger partial charge in [0.05, 0.1) is 6.20 Å². The number of pyridine rings is 2. The maximum absolute atomic E-state index is 12.5. The number of ether oxygens (including phenoxy) is 1. The minimum Gasteiger partial charge on any atom is -0.430 e. The average molecular weight is 364 g/mol. The summed E-state index contributed by atoms with van der Waals surface area (Å²) in [6, 6.07) is 5.64. The van der Waals surface area contributed by atoms with Crippen molar-refractivity contribution in [3.8, 4) is 11.6 Å². The maximum atomic E-state index is 12.5. The molecular formula is C15H16N4O5S. The summed E-state index contributed by atoms with van der Waals surface area (Å²) in [5.41, 5.74) is 0. The molecule has 1 aliphatic heterocycles. The first-order chi connectivity index (χ1) is 12.0. The highest BCUT2D eigenvalue weighted by atomic mass is 32.2. The van der Waals surface area contributed by atoms with Crippen molar-refractivity contribution >= 4 is 15.8 Å². The molecule has 0 radical (unpaired) electrons. The molecule has 132 valence electrons. The number of sulfonamides is 1. The molecule has 2 aromatic rings. The van der Waals surface area contributed by atoms with Gasteiger partial charge in [-0.3, -0.25) is 0 Å². The average Bonchev–Trinajstić information content (AvgIpc) is 2.63. The van der Waals surface area contributed by atoms with Crippen molar-refractivity contribution in [2.24, 2.45) is 0 Å². The summed E-state index contributed by atoms with van der Waals surface area (Å²) in [6.45, 7) is 1.00. The van der Waals surface area contributed by atoms with Gasteiger partial charge >= 0.3 is 5.82 Å². The van der Waals surface area contributed by atoms with E-state index in [1.54, 1.807) is 0 Å². The molecule has 0 atom stereocenters. The first kappa shape index (κ1) is 17.2. The van der Waals surface area contributed by atoms with Gasteiger partial charge in [-0.1, -0.05) is 6.42 Å². The van der Waals surface area contributed by atoms with Crippen LogP contribution in [-0.2, 0) is 10.0 Å². The molecule has 0 bridgehead atoms. The summed E-state index contributed by atoms with van der Waals surface area (Å²) >= 11 is 0. The molecule has 0 spiro atoms. The second-order valence-corrected chi connectivity index (χ2v) is 7.42. The quantitative estimate of drug-likeness (QED) is 0.590. The van der Waals surface area contributed by atoms with E-state index in [1.807, 2.05) is 0 Å². The number of nitrogens with zero attached hydrogens (tertiary/aromatic N) is 4. The van der Waals surface area contributed by atoms with Crippen molar-refractivity contribution < 1.29 is 18.1 Å². The van der Waals surface area contributed by atoms with Crippen molar-refractivity contribution in [1.82, 2.24) is 14.3 Å². The van der Waals surface area contributed by atoms with Gasteiger partial charge in [-0.25, -0.2) is 13.4 Å². The summed E-state index contributed by atoms with van der Waals surface area (Å²) < 4.78 is 31.9. The number of rotatable bonds is 5. The Labute approximate surface area is 144 Å². The fourth-order valence-corrected chi connectivity index (χ4v) is 4.01. The van der Waals surface area contributed by atoms with Crippen LogP contribution in [0.1, 0.15) is 19.3 Å². The van der Waals surface area contributed by atoms with Crippen LogP contribution in [0.25, 0.3) is 0 Å². The highest BCUT2D eigenvalue weighted by Gasteiger charge is 2.26. The molecule has 1 aliphatic rings. The first-order valence-corrected chi connectivity index (χ1v) is 9.16. The summed E-state index contributed by atoms with van der Waals surface area (Å²) in [7, 11) is -3.58. The monoisotopic (exact) mass is 364 g/mol. The summed E-state index contributed by atoms with van der Waals surface area (Å²) in [5.74, 6) is -0.449. The van der Waals surface area contributed by atoms with E-state index in [2.05, 4.69) is 9.97 Å². The second-order valence-electron chi connectivity index (χ2n) is 5.48. The Bertz CT molecular complexity index is 864. The molecule has 2 aromatic heterocycles. The second kappa shape index (κ2) is 7.11. The smallest absolute Gasteiger partial charge is 0.406 e.